The van der Waals surface area contributed by atoms with E-state index in [0.29, 0.717) is 12.8 Å². The van der Waals surface area contributed by atoms with Gasteiger partial charge in [-0.25, -0.2) is 4.98 Å². The molecule has 1 saturated heterocycles. The molecule has 1 fully saturated rings. The summed E-state index contributed by atoms with van der Waals surface area (Å²) in [6, 6.07) is 8.27. The molecule has 0 saturated carbocycles. The molecule has 6 nitrogen and oxygen atoms in total. The molecule has 0 N–H and O–H groups in total. The van der Waals surface area contributed by atoms with Gasteiger partial charge in [0, 0.05) is 63.1 Å². The van der Waals surface area contributed by atoms with Crippen LogP contribution in [0.25, 0.3) is 0 Å². The zero-order chi connectivity index (χ0) is 22.4. The van der Waals surface area contributed by atoms with Crippen LogP contribution in [0.4, 0.5) is 0 Å². The predicted molar refractivity (Wildman–Crippen MR) is 127 cm³/mol. The van der Waals surface area contributed by atoms with Crippen LogP contribution in [0.15, 0.2) is 34.2 Å². The number of aryl methyl sites for hydroxylation is 2. The topological polar surface area (TPSA) is 58.4 Å². The lowest BCUT2D eigenvalue weighted by molar-refractivity contribution is -0.132. The molecule has 2 heterocycles. The van der Waals surface area contributed by atoms with Gasteiger partial charge < -0.3 is 9.80 Å². The minimum Gasteiger partial charge on any atom is -0.340 e. The van der Waals surface area contributed by atoms with Crippen LogP contribution in [0.5, 0.6) is 0 Å². The van der Waals surface area contributed by atoms with Crippen LogP contribution in [0.3, 0.4) is 0 Å². The van der Waals surface area contributed by atoms with Crippen molar-refractivity contribution in [3.05, 3.63) is 57.0 Å². The lowest BCUT2D eigenvalue weighted by Crippen LogP contribution is -2.48. The average molecular weight is 443 g/mol. The van der Waals surface area contributed by atoms with Crippen molar-refractivity contribution < 1.29 is 4.79 Å². The third-order valence-corrected chi connectivity index (χ3v) is 7.11. The molecule has 0 atom stereocenters. The van der Waals surface area contributed by atoms with Gasteiger partial charge in [-0.2, -0.15) is 0 Å². The number of nitrogens with zero attached hydrogens (tertiary/aromatic N) is 4. The molecule has 1 aromatic heterocycles. The fourth-order valence-electron chi connectivity index (χ4n) is 3.83. The Balaban J connectivity index is 1.53. The SMILES string of the molecule is CCN1CCN(C(=O)CCCSc2nc(C)c(Cc3ccc(C)cc3)c(=O)n2C)CC1. The number of thioether (sulfide) groups is 1. The Hall–Kier alpha value is -2.12. The van der Waals surface area contributed by atoms with Crippen molar-refractivity contribution in [2.75, 3.05) is 38.5 Å². The number of hydrogen-bond donors (Lipinski definition) is 0. The quantitative estimate of drug-likeness (QED) is 0.357. The highest BCUT2D eigenvalue weighted by molar-refractivity contribution is 7.99. The summed E-state index contributed by atoms with van der Waals surface area (Å²) in [7, 11) is 1.79. The number of piperazine rings is 1. The molecule has 31 heavy (non-hydrogen) atoms. The predicted octanol–water partition coefficient (Wildman–Crippen LogP) is 3.02. The summed E-state index contributed by atoms with van der Waals surface area (Å²) in [6.45, 7) is 10.8. The molecule has 0 spiro atoms. The molecule has 7 heteroatoms. The number of amides is 1. The number of hydrogen-bond acceptors (Lipinski definition) is 5. The Morgan fingerprint density at radius 3 is 2.42 bits per heavy atom. The molecule has 3 rings (SSSR count). The molecule has 0 radical (unpaired) electrons. The number of likely N-dealkylation sites (N-methyl/N-ethyl adjacent to an activating group) is 1. The van der Waals surface area contributed by atoms with E-state index in [1.807, 2.05) is 11.8 Å². The second kappa shape index (κ2) is 11.0. The van der Waals surface area contributed by atoms with Crippen LogP contribution >= 0.6 is 11.8 Å². The summed E-state index contributed by atoms with van der Waals surface area (Å²) in [4.78, 5) is 34.4. The number of rotatable bonds is 8. The first-order chi connectivity index (χ1) is 14.9. The van der Waals surface area contributed by atoms with Crippen molar-refractivity contribution in [3.8, 4) is 0 Å². The Morgan fingerprint density at radius 1 is 1.10 bits per heavy atom. The van der Waals surface area contributed by atoms with Crippen molar-refractivity contribution in [3.63, 3.8) is 0 Å². The first-order valence-electron chi connectivity index (χ1n) is 11.1. The van der Waals surface area contributed by atoms with Crippen molar-refractivity contribution >= 4 is 17.7 Å². The van der Waals surface area contributed by atoms with E-state index in [-0.39, 0.29) is 11.5 Å². The highest BCUT2D eigenvalue weighted by Crippen LogP contribution is 2.18. The lowest BCUT2D eigenvalue weighted by Gasteiger charge is -2.34. The van der Waals surface area contributed by atoms with Gasteiger partial charge in [0.2, 0.25) is 5.91 Å². The number of benzene rings is 1. The van der Waals surface area contributed by atoms with Crippen LogP contribution in [0, 0.1) is 13.8 Å². The third-order valence-electron chi connectivity index (χ3n) is 5.99. The monoisotopic (exact) mass is 442 g/mol. The van der Waals surface area contributed by atoms with Crippen LogP contribution < -0.4 is 5.56 Å². The molecule has 2 aromatic rings. The molecule has 0 bridgehead atoms. The fraction of sp³-hybridized carbons (Fsp3) is 0.542. The maximum absolute atomic E-state index is 12.9. The molecule has 0 unspecified atom stereocenters. The summed E-state index contributed by atoms with van der Waals surface area (Å²) in [5, 5.41) is 0.721. The van der Waals surface area contributed by atoms with Crippen LogP contribution in [-0.4, -0.2) is 63.7 Å². The number of carbonyl (C=O) groups is 1. The second-order valence-electron chi connectivity index (χ2n) is 8.25. The molecular weight excluding hydrogens is 408 g/mol. The van der Waals surface area contributed by atoms with E-state index in [0.717, 1.165) is 66.9 Å². The Labute approximate surface area is 189 Å². The third kappa shape index (κ3) is 6.20. The van der Waals surface area contributed by atoms with Crippen molar-refractivity contribution in [1.82, 2.24) is 19.4 Å². The van der Waals surface area contributed by atoms with Gasteiger partial charge in [0.05, 0.1) is 0 Å². The van der Waals surface area contributed by atoms with Crippen molar-refractivity contribution in [2.24, 2.45) is 7.05 Å². The van der Waals surface area contributed by atoms with E-state index < -0.39 is 0 Å². The molecule has 168 valence electrons. The molecule has 1 aromatic carbocycles. The fourth-order valence-corrected chi connectivity index (χ4v) is 4.78. The summed E-state index contributed by atoms with van der Waals surface area (Å²) >= 11 is 1.56. The van der Waals surface area contributed by atoms with Crippen molar-refractivity contribution in [2.45, 2.75) is 45.2 Å². The van der Waals surface area contributed by atoms with E-state index >= 15 is 0 Å². The minimum absolute atomic E-state index is 0.0143. The molecule has 0 aliphatic carbocycles. The van der Waals surface area contributed by atoms with Gasteiger partial charge in [0.15, 0.2) is 5.16 Å². The van der Waals surface area contributed by atoms with E-state index in [1.54, 1.807) is 23.4 Å². The van der Waals surface area contributed by atoms with Gasteiger partial charge in [0.25, 0.3) is 5.56 Å². The van der Waals surface area contributed by atoms with E-state index in [1.165, 1.54) is 5.56 Å². The van der Waals surface area contributed by atoms with Gasteiger partial charge >= 0.3 is 0 Å². The van der Waals surface area contributed by atoms with E-state index in [4.69, 9.17) is 4.98 Å². The first kappa shape index (κ1) is 23.5. The normalized spacial score (nSPS) is 14.8. The maximum atomic E-state index is 12.9. The average Bonchev–Trinajstić information content (AvgIpc) is 2.78. The van der Waals surface area contributed by atoms with Crippen LogP contribution in [0.2, 0.25) is 0 Å². The van der Waals surface area contributed by atoms with Gasteiger partial charge in [0.1, 0.15) is 0 Å². The zero-order valence-corrected chi connectivity index (χ0v) is 20.0. The molecule has 1 aliphatic rings. The Bertz CT molecular complexity index is 947. The Kier molecular flexibility index (Phi) is 8.32. The summed E-state index contributed by atoms with van der Waals surface area (Å²) in [5.74, 6) is 1.01. The number of aromatic nitrogens is 2. The summed E-state index contributed by atoms with van der Waals surface area (Å²) in [5.41, 5.74) is 3.87. The lowest BCUT2D eigenvalue weighted by atomic mass is 10.0. The standard InChI is InChI=1S/C24H34N4O2S/c1-5-27-12-14-28(15-13-27)22(29)7-6-16-31-24-25-19(3)21(23(30)26(24)4)17-20-10-8-18(2)9-11-20/h8-11H,5-7,12-17H2,1-4H3. The number of carbonyl (C=O) groups excluding carboxylic acids is 1. The van der Waals surface area contributed by atoms with E-state index in [2.05, 4.69) is 43.0 Å². The smallest absolute Gasteiger partial charge is 0.257 e. The molecular formula is C24H34N4O2S. The van der Waals surface area contributed by atoms with Crippen LogP contribution in [0.1, 0.15) is 42.1 Å². The second-order valence-corrected chi connectivity index (χ2v) is 9.31. The van der Waals surface area contributed by atoms with Gasteiger partial charge in [-0.15, -0.1) is 0 Å². The largest absolute Gasteiger partial charge is 0.340 e. The maximum Gasteiger partial charge on any atom is 0.257 e. The highest BCUT2D eigenvalue weighted by Gasteiger charge is 2.20. The van der Waals surface area contributed by atoms with Crippen molar-refractivity contribution in [1.29, 1.82) is 0 Å². The van der Waals surface area contributed by atoms with Gasteiger partial charge in [-0.05, 0) is 32.4 Å². The molecule has 1 aliphatic heterocycles. The van der Waals surface area contributed by atoms with Gasteiger partial charge in [-0.3, -0.25) is 14.2 Å². The molecule has 1 amide bonds. The van der Waals surface area contributed by atoms with Crippen LogP contribution in [-0.2, 0) is 18.3 Å². The Morgan fingerprint density at radius 2 is 1.77 bits per heavy atom. The highest BCUT2D eigenvalue weighted by atomic mass is 32.2. The zero-order valence-electron chi connectivity index (χ0n) is 19.2. The van der Waals surface area contributed by atoms with E-state index in [9.17, 15) is 9.59 Å². The summed E-state index contributed by atoms with van der Waals surface area (Å²) in [6.07, 6.45) is 1.94. The summed E-state index contributed by atoms with van der Waals surface area (Å²) < 4.78 is 1.65. The minimum atomic E-state index is 0.0143. The van der Waals surface area contributed by atoms with Gasteiger partial charge in [-0.1, -0.05) is 48.5 Å². The first-order valence-corrected chi connectivity index (χ1v) is 12.1.